The Kier molecular flexibility index (Phi) is 3.27. The third kappa shape index (κ3) is 2.33. The maximum Gasteiger partial charge on any atom is 0.124 e. The highest BCUT2D eigenvalue weighted by Gasteiger charge is 2.21. The predicted molar refractivity (Wildman–Crippen MR) is 82.2 cm³/mol. The van der Waals surface area contributed by atoms with Gasteiger partial charge >= 0.3 is 0 Å². The number of rotatable bonds is 3. The Hall–Kier alpha value is -2.40. The van der Waals surface area contributed by atoms with E-state index < -0.39 is 0 Å². The quantitative estimate of drug-likeness (QED) is 0.779. The number of benzene rings is 2. The molecule has 5 heteroatoms. The number of aromatic amines is 1. The highest BCUT2D eigenvalue weighted by molar-refractivity contribution is 5.81. The monoisotopic (exact) mass is 297 g/mol. The van der Waals surface area contributed by atoms with Crippen molar-refractivity contribution in [3.63, 3.8) is 0 Å². The topological polar surface area (TPSA) is 49.9 Å². The van der Waals surface area contributed by atoms with Crippen molar-refractivity contribution in [1.82, 2.24) is 15.5 Å². The third-order valence-electron chi connectivity index (χ3n) is 4.11. The number of nitrogens with zero attached hydrogens (tertiary/aromatic N) is 1. The molecular formula is C17H16FN3O. The van der Waals surface area contributed by atoms with Crippen molar-refractivity contribution < 1.29 is 9.13 Å². The average molecular weight is 297 g/mol. The summed E-state index contributed by atoms with van der Waals surface area (Å²) in [5.74, 6) is 0.539. The molecule has 0 aliphatic carbocycles. The number of para-hydroxylation sites is 1. The van der Waals surface area contributed by atoms with Crippen LogP contribution in [-0.2, 0) is 6.54 Å². The van der Waals surface area contributed by atoms with Gasteiger partial charge in [0.2, 0.25) is 0 Å². The first-order chi connectivity index (χ1) is 10.8. The lowest BCUT2D eigenvalue weighted by molar-refractivity contribution is 0.251. The van der Waals surface area contributed by atoms with E-state index >= 15 is 0 Å². The Morgan fingerprint density at radius 1 is 1.32 bits per heavy atom. The summed E-state index contributed by atoms with van der Waals surface area (Å²) in [6.45, 7) is 1.34. The summed E-state index contributed by atoms with van der Waals surface area (Å²) in [4.78, 5) is 0. The molecule has 2 aromatic carbocycles. The van der Waals surface area contributed by atoms with Gasteiger partial charge < -0.3 is 10.1 Å². The van der Waals surface area contributed by atoms with Crippen molar-refractivity contribution in [2.24, 2.45) is 0 Å². The minimum absolute atomic E-state index is 0.0950. The van der Waals surface area contributed by atoms with Crippen LogP contribution < -0.4 is 10.1 Å². The molecule has 112 valence electrons. The molecule has 1 aliphatic rings. The normalized spacial score (nSPS) is 17.2. The molecule has 1 aromatic heterocycles. The van der Waals surface area contributed by atoms with E-state index in [1.54, 1.807) is 12.1 Å². The molecule has 4 nitrogen and oxygen atoms in total. The highest BCUT2D eigenvalue weighted by Crippen LogP contribution is 2.32. The van der Waals surface area contributed by atoms with Crippen LogP contribution in [0.1, 0.15) is 23.6 Å². The van der Waals surface area contributed by atoms with Gasteiger partial charge in [0.1, 0.15) is 11.6 Å². The van der Waals surface area contributed by atoms with Gasteiger partial charge in [0.25, 0.3) is 0 Å². The standard InChI is InChI=1S/C17H16FN3O/c18-13-4-5-16-14(8-13)15(6-7-22-16)19-9-11-2-1-3-12-10-20-21-17(11)12/h1-5,8,10,15,19H,6-7,9H2,(H,20,21)/t15-/m0/s1. The molecule has 2 N–H and O–H groups in total. The fourth-order valence-electron chi connectivity index (χ4n) is 2.99. The zero-order valence-corrected chi connectivity index (χ0v) is 12.0. The number of halogens is 1. The molecule has 3 aromatic rings. The second-order valence-corrected chi connectivity index (χ2v) is 5.50. The molecular weight excluding hydrogens is 281 g/mol. The van der Waals surface area contributed by atoms with E-state index in [9.17, 15) is 4.39 Å². The summed E-state index contributed by atoms with van der Waals surface area (Å²) in [6, 6.07) is 10.9. The molecule has 0 saturated heterocycles. The summed E-state index contributed by atoms with van der Waals surface area (Å²) in [5.41, 5.74) is 3.09. The zero-order valence-electron chi connectivity index (χ0n) is 12.0. The molecule has 2 heterocycles. The second-order valence-electron chi connectivity index (χ2n) is 5.50. The molecule has 22 heavy (non-hydrogen) atoms. The molecule has 4 rings (SSSR count). The zero-order chi connectivity index (χ0) is 14.9. The van der Waals surface area contributed by atoms with Crippen LogP contribution in [0.3, 0.4) is 0 Å². The number of hydrogen-bond acceptors (Lipinski definition) is 3. The minimum atomic E-state index is -0.230. The van der Waals surface area contributed by atoms with Gasteiger partial charge in [-0.15, -0.1) is 0 Å². The third-order valence-corrected chi connectivity index (χ3v) is 4.11. The Labute approximate surface area is 127 Å². The van der Waals surface area contributed by atoms with Crippen molar-refractivity contribution >= 4 is 10.9 Å². The van der Waals surface area contributed by atoms with E-state index in [2.05, 4.69) is 21.6 Å². The van der Waals surface area contributed by atoms with Gasteiger partial charge in [-0.1, -0.05) is 18.2 Å². The average Bonchev–Trinajstić information content (AvgIpc) is 3.02. The number of hydrogen-bond donors (Lipinski definition) is 2. The van der Waals surface area contributed by atoms with Crippen LogP contribution in [0.15, 0.2) is 42.6 Å². The van der Waals surface area contributed by atoms with Crippen LogP contribution >= 0.6 is 0 Å². The molecule has 1 aliphatic heterocycles. The van der Waals surface area contributed by atoms with Gasteiger partial charge in [0.05, 0.1) is 18.3 Å². The fraction of sp³-hybridized carbons (Fsp3) is 0.235. The molecule has 0 radical (unpaired) electrons. The lowest BCUT2D eigenvalue weighted by atomic mass is 10.00. The summed E-state index contributed by atoms with van der Waals surface area (Å²) in [5, 5.41) is 11.7. The van der Waals surface area contributed by atoms with Crippen molar-refractivity contribution in [3.05, 3.63) is 59.5 Å². The molecule has 0 spiro atoms. The number of ether oxygens (including phenoxy) is 1. The smallest absolute Gasteiger partial charge is 0.124 e. The first-order valence-electron chi connectivity index (χ1n) is 7.38. The Morgan fingerprint density at radius 2 is 2.27 bits per heavy atom. The Morgan fingerprint density at radius 3 is 3.23 bits per heavy atom. The van der Waals surface area contributed by atoms with Crippen molar-refractivity contribution in [2.45, 2.75) is 19.0 Å². The molecule has 0 amide bonds. The minimum Gasteiger partial charge on any atom is -0.493 e. The molecule has 0 saturated carbocycles. The first kappa shape index (κ1) is 13.3. The molecule has 1 atom stereocenters. The summed E-state index contributed by atoms with van der Waals surface area (Å²) in [6.07, 6.45) is 2.65. The van der Waals surface area contributed by atoms with E-state index in [1.165, 1.54) is 6.07 Å². The van der Waals surface area contributed by atoms with Crippen LogP contribution in [0, 0.1) is 5.82 Å². The first-order valence-corrected chi connectivity index (χ1v) is 7.38. The van der Waals surface area contributed by atoms with Gasteiger partial charge in [0, 0.05) is 30.0 Å². The van der Waals surface area contributed by atoms with Crippen LogP contribution in [-0.4, -0.2) is 16.8 Å². The van der Waals surface area contributed by atoms with E-state index in [0.29, 0.717) is 13.2 Å². The van der Waals surface area contributed by atoms with Gasteiger partial charge in [-0.25, -0.2) is 4.39 Å². The van der Waals surface area contributed by atoms with Gasteiger partial charge in [-0.2, -0.15) is 5.10 Å². The Bertz CT molecular complexity index is 815. The number of nitrogens with one attached hydrogen (secondary N) is 2. The maximum atomic E-state index is 13.5. The lowest BCUT2D eigenvalue weighted by Gasteiger charge is -2.27. The molecule has 0 bridgehead atoms. The summed E-state index contributed by atoms with van der Waals surface area (Å²) in [7, 11) is 0. The fourth-order valence-corrected chi connectivity index (χ4v) is 2.99. The van der Waals surface area contributed by atoms with Gasteiger partial charge in [-0.05, 0) is 23.8 Å². The van der Waals surface area contributed by atoms with Crippen LogP contribution in [0.4, 0.5) is 4.39 Å². The van der Waals surface area contributed by atoms with Crippen LogP contribution in [0.25, 0.3) is 10.9 Å². The van der Waals surface area contributed by atoms with Crippen LogP contribution in [0.5, 0.6) is 5.75 Å². The SMILES string of the molecule is Fc1ccc2c(c1)[C@@H](NCc1cccc3cn[nH]c13)CCO2. The van der Waals surface area contributed by atoms with Crippen LogP contribution in [0.2, 0.25) is 0 Å². The lowest BCUT2D eigenvalue weighted by Crippen LogP contribution is -2.27. The van der Waals surface area contributed by atoms with Crippen molar-refractivity contribution in [1.29, 1.82) is 0 Å². The van der Waals surface area contributed by atoms with E-state index in [4.69, 9.17) is 4.74 Å². The Balaban J connectivity index is 1.58. The van der Waals surface area contributed by atoms with Crippen molar-refractivity contribution in [3.8, 4) is 5.75 Å². The number of aromatic nitrogens is 2. The largest absolute Gasteiger partial charge is 0.493 e. The summed E-state index contributed by atoms with van der Waals surface area (Å²) < 4.78 is 19.1. The van der Waals surface area contributed by atoms with E-state index in [0.717, 1.165) is 34.2 Å². The van der Waals surface area contributed by atoms with Gasteiger partial charge in [-0.3, -0.25) is 5.10 Å². The maximum absolute atomic E-state index is 13.5. The van der Waals surface area contributed by atoms with E-state index in [1.807, 2.05) is 18.3 Å². The van der Waals surface area contributed by atoms with Gasteiger partial charge in [0.15, 0.2) is 0 Å². The van der Waals surface area contributed by atoms with E-state index in [-0.39, 0.29) is 11.9 Å². The summed E-state index contributed by atoms with van der Waals surface area (Å²) >= 11 is 0. The molecule has 0 fully saturated rings. The number of fused-ring (bicyclic) bond motifs is 2. The molecule has 0 unspecified atom stereocenters. The predicted octanol–water partition coefficient (Wildman–Crippen LogP) is 3.32. The highest BCUT2D eigenvalue weighted by atomic mass is 19.1. The second kappa shape index (κ2) is 5.42. The number of H-pyrrole nitrogens is 1. The van der Waals surface area contributed by atoms with Crippen molar-refractivity contribution in [2.75, 3.05) is 6.61 Å².